The zero-order chi connectivity index (χ0) is 19.5. The highest BCUT2D eigenvalue weighted by Crippen LogP contribution is 2.36. The fourth-order valence-electron chi connectivity index (χ4n) is 2.77. The van der Waals surface area contributed by atoms with E-state index in [4.69, 9.17) is 22.6 Å². The number of benzene rings is 2. The average molecular weight is 398 g/mol. The maximum Gasteiger partial charge on any atom is 0.254 e. The van der Waals surface area contributed by atoms with Crippen molar-refractivity contribution in [1.29, 1.82) is 0 Å². The number of halogens is 1. The molecule has 0 unspecified atom stereocenters. The smallest absolute Gasteiger partial charge is 0.254 e. The van der Waals surface area contributed by atoms with E-state index in [2.05, 4.69) is 25.7 Å². The Balaban J connectivity index is 2.50. The Morgan fingerprint density at radius 2 is 1.69 bits per heavy atom. The van der Waals surface area contributed by atoms with Crippen LogP contribution >= 0.6 is 11.6 Å². The van der Waals surface area contributed by atoms with Crippen molar-refractivity contribution in [2.45, 2.75) is 37.6 Å². The van der Waals surface area contributed by atoms with Crippen LogP contribution in [0.15, 0.2) is 47.4 Å². The van der Waals surface area contributed by atoms with Crippen molar-refractivity contribution in [3.8, 4) is 0 Å². The minimum absolute atomic E-state index is 0.0717. The van der Waals surface area contributed by atoms with Crippen LogP contribution in [-0.4, -0.2) is 25.7 Å². The molecule has 26 heavy (non-hydrogen) atoms. The number of aliphatic hydroxyl groups excluding tert-OH is 1. The van der Waals surface area contributed by atoms with Crippen molar-refractivity contribution >= 4 is 33.0 Å². The topological polar surface area (TPSA) is 95.7 Å². The van der Waals surface area contributed by atoms with E-state index in [1.165, 1.54) is 6.07 Å². The van der Waals surface area contributed by atoms with Crippen molar-refractivity contribution in [3.05, 3.63) is 53.1 Å². The molecule has 6 nitrogen and oxygen atoms in total. The van der Waals surface area contributed by atoms with Gasteiger partial charge in [0.25, 0.3) is 10.0 Å². The molecule has 0 amide bonds. The van der Waals surface area contributed by atoms with Crippen LogP contribution in [0.2, 0.25) is 5.02 Å². The molecule has 0 radical (unpaired) electrons. The molecule has 0 aromatic heterocycles. The minimum Gasteiger partial charge on any atom is -0.396 e. The molecule has 0 fully saturated rings. The molecule has 2 aromatic rings. The van der Waals surface area contributed by atoms with Crippen LogP contribution in [0.4, 0.5) is 11.4 Å². The van der Waals surface area contributed by atoms with Crippen LogP contribution < -0.4 is 15.6 Å². The van der Waals surface area contributed by atoms with E-state index in [1.54, 1.807) is 17.0 Å². The third-order valence-electron chi connectivity index (χ3n) is 3.88. The number of rotatable bonds is 6. The highest BCUT2D eigenvalue weighted by atomic mass is 35.5. The molecule has 8 heteroatoms. The van der Waals surface area contributed by atoms with Crippen LogP contribution in [0, 0.1) is 0 Å². The third-order valence-corrected chi connectivity index (χ3v) is 5.55. The lowest BCUT2D eigenvalue weighted by Crippen LogP contribution is -2.37. The van der Waals surface area contributed by atoms with E-state index in [9.17, 15) is 8.42 Å². The van der Waals surface area contributed by atoms with Gasteiger partial charge in [0.2, 0.25) is 0 Å². The van der Waals surface area contributed by atoms with Gasteiger partial charge in [-0.05, 0) is 63.1 Å². The summed E-state index contributed by atoms with van der Waals surface area (Å²) < 4.78 is 23.8. The van der Waals surface area contributed by atoms with Crippen molar-refractivity contribution in [3.63, 3.8) is 0 Å². The second kappa shape index (κ2) is 7.94. The van der Waals surface area contributed by atoms with Crippen molar-refractivity contribution in [1.82, 2.24) is 4.83 Å². The standard InChI is InChI=1S/C18H24ClN3O3S/c1-18(2,3)22(14-6-4-13(5-7-14)10-11-23)15-8-9-17(16(19)12-15)26(24,25)21-20/h4-9,12,21,23H,10-11,20H2,1-3H3. The van der Waals surface area contributed by atoms with Gasteiger partial charge in [-0.3, -0.25) is 5.84 Å². The SMILES string of the molecule is CC(C)(C)N(c1ccc(CCO)cc1)c1ccc(S(=O)(=O)NN)c(Cl)c1. The summed E-state index contributed by atoms with van der Waals surface area (Å²) in [5, 5.41) is 9.15. The van der Waals surface area contributed by atoms with Crippen LogP contribution in [0.1, 0.15) is 26.3 Å². The average Bonchev–Trinajstić information content (AvgIpc) is 2.55. The van der Waals surface area contributed by atoms with Crippen molar-refractivity contribution in [2.24, 2.45) is 5.84 Å². The summed E-state index contributed by atoms with van der Waals surface area (Å²) in [4.78, 5) is 3.77. The molecule has 2 aromatic carbocycles. The number of hydrogen-bond donors (Lipinski definition) is 3. The summed E-state index contributed by atoms with van der Waals surface area (Å²) in [6.07, 6.45) is 0.597. The summed E-state index contributed by atoms with van der Waals surface area (Å²) in [5.41, 5.74) is 2.45. The molecular weight excluding hydrogens is 374 g/mol. The second-order valence-electron chi connectivity index (χ2n) is 6.88. The summed E-state index contributed by atoms with van der Waals surface area (Å²) in [6, 6.07) is 12.6. The van der Waals surface area contributed by atoms with E-state index >= 15 is 0 Å². The number of nitrogens with one attached hydrogen (secondary N) is 1. The van der Waals surface area contributed by atoms with Gasteiger partial charge < -0.3 is 10.0 Å². The number of hydrazine groups is 1. The molecule has 4 N–H and O–H groups in total. The Labute approximate surface area is 159 Å². The first kappa shape index (κ1) is 20.7. The number of anilines is 2. The lowest BCUT2D eigenvalue weighted by Gasteiger charge is -2.38. The van der Waals surface area contributed by atoms with Gasteiger partial charge in [0, 0.05) is 23.5 Å². The monoisotopic (exact) mass is 397 g/mol. The Morgan fingerprint density at radius 1 is 1.12 bits per heavy atom. The molecule has 0 aliphatic rings. The van der Waals surface area contributed by atoms with E-state index in [-0.39, 0.29) is 22.1 Å². The first-order valence-electron chi connectivity index (χ1n) is 8.12. The van der Waals surface area contributed by atoms with Gasteiger partial charge in [-0.15, -0.1) is 0 Å². The lowest BCUT2D eigenvalue weighted by atomic mass is 10.0. The van der Waals surface area contributed by atoms with Crippen LogP contribution in [0.25, 0.3) is 0 Å². The highest BCUT2D eigenvalue weighted by molar-refractivity contribution is 7.89. The first-order chi connectivity index (χ1) is 12.1. The molecule has 0 saturated heterocycles. The Bertz CT molecular complexity index is 862. The van der Waals surface area contributed by atoms with Gasteiger partial charge in [0.05, 0.1) is 5.02 Å². The predicted molar refractivity (Wildman–Crippen MR) is 105 cm³/mol. The molecule has 0 spiro atoms. The molecule has 0 heterocycles. The van der Waals surface area contributed by atoms with Crippen LogP contribution in [-0.2, 0) is 16.4 Å². The van der Waals surface area contributed by atoms with Gasteiger partial charge in [-0.1, -0.05) is 23.7 Å². The molecular formula is C18H24ClN3O3S. The number of aliphatic hydroxyl groups is 1. The van der Waals surface area contributed by atoms with E-state index in [1.807, 2.05) is 24.3 Å². The van der Waals surface area contributed by atoms with Crippen molar-refractivity contribution < 1.29 is 13.5 Å². The fraction of sp³-hybridized carbons (Fsp3) is 0.333. The van der Waals surface area contributed by atoms with E-state index in [0.717, 1.165) is 16.9 Å². The van der Waals surface area contributed by atoms with Gasteiger partial charge >= 0.3 is 0 Å². The molecule has 2 rings (SSSR count). The Hall–Kier alpha value is -1.64. The summed E-state index contributed by atoms with van der Waals surface area (Å²) >= 11 is 6.21. The summed E-state index contributed by atoms with van der Waals surface area (Å²) in [5.74, 6) is 5.08. The third kappa shape index (κ3) is 4.55. The van der Waals surface area contributed by atoms with Gasteiger partial charge in [-0.2, -0.15) is 4.83 Å². The van der Waals surface area contributed by atoms with Crippen molar-refractivity contribution in [2.75, 3.05) is 11.5 Å². The zero-order valence-corrected chi connectivity index (χ0v) is 16.6. The molecule has 0 aliphatic heterocycles. The predicted octanol–water partition coefficient (Wildman–Crippen LogP) is 2.96. The maximum absolute atomic E-state index is 11.9. The van der Waals surface area contributed by atoms with Gasteiger partial charge in [0.1, 0.15) is 4.90 Å². The fourth-order valence-corrected chi connectivity index (χ4v) is 3.94. The molecule has 0 bridgehead atoms. The van der Waals surface area contributed by atoms with E-state index in [0.29, 0.717) is 6.42 Å². The lowest BCUT2D eigenvalue weighted by molar-refractivity contribution is 0.299. The Kier molecular flexibility index (Phi) is 6.31. The number of nitrogens with zero attached hydrogens (tertiary/aromatic N) is 1. The quantitative estimate of drug-likeness (QED) is 0.514. The Morgan fingerprint density at radius 3 is 2.15 bits per heavy atom. The van der Waals surface area contributed by atoms with Gasteiger partial charge in [0.15, 0.2) is 0 Å². The molecule has 0 atom stereocenters. The van der Waals surface area contributed by atoms with E-state index < -0.39 is 10.0 Å². The first-order valence-corrected chi connectivity index (χ1v) is 9.98. The molecule has 0 aliphatic carbocycles. The molecule has 142 valence electrons. The number of sulfonamides is 1. The minimum atomic E-state index is -3.83. The molecule has 0 saturated carbocycles. The maximum atomic E-state index is 11.9. The summed E-state index contributed by atoms with van der Waals surface area (Å²) in [7, 11) is -3.83. The van der Waals surface area contributed by atoms with Crippen LogP contribution in [0.3, 0.4) is 0 Å². The largest absolute Gasteiger partial charge is 0.396 e. The number of nitrogens with two attached hydrogens (primary N) is 1. The van der Waals surface area contributed by atoms with Gasteiger partial charge in [-0.25, -0.2) is 8.42 Å². The number of hydrogen-bond acceptors (Lipinski definition) is 5. The van der Waals surface area contributed by atoms with Crippen LogP contribution in [0.5, 0.6) is 0 Å². The summed E-state index contributed by atoms with van der Waals surface area (Å²) in [6.45, 7) is 6.25. The second-order valence-corrected chi connectivity index (χ2v) is 8.97. The normalized spacial score (nSPS) is 12.2. The highest BCUT2D eigenvalue weighted by Gasteiger charge is 2.25. The zero-order valence-electron chi connectivity index (χ0n) is 15.0.